The van der Waals surface area contributed by atoms with Crippen LogP contribution < -0.4 is 0 Å². The van der Waals surface area contributed by atoms with Crippen LogP contribution in [0.4, 0.5) is 0 Å². The predicted molar refractivity (Wildman–Crippen MR) is 71.3 cm³/mol. The fourth-order valence-corrected chi connectivity index (χ4v) is 2.36. The van der Waals surface area contributed by atoms with Crippen LogP contribution in [0.1, 0.15) is 55.7 Å². The lowest BCUT2D eigenvalue weighted by atomic mass is 9.96. The molecule has 1 saturated carbocycles. The SMILES string of the molecule is Cc1cc(C(C)C)cc(CCC2CC2)c1Cl. The van der Waals surface area contributed by atoms with Crippen LogP contribution >= 0.6 is 11.6 Å². The number of aryl methyl sites for hydroxylation is 2. The summed E-state index contributed by atoms with van der Waals surface area (Å²) in [6, 6.07) is 4.54. The van der Waals surface area contributed by atoms with Crippen molar-refractivity contribution in [2.75, 3.05) is 0 Å². The molecule has 0 aromatic heterocycles. The van der Waals surface area contributed by atoms with Gasteiger partial charge in [0, 0.05) is 5.02 Å². The molecule has 1 aliphatic carbocycles. The Bertz CT molecular complexity index is 375. The summed E-state index contributed by atoms with van der Waals surface area (Å²) in [7, 11) is 0. The molecule has 1 aromatic rings. The van der Waals surface area contributed by atoms with Crippen molar-refractivity contribution in [3.05, 3.63) is 33.8 Å². The molecule has 0 amide bonds. The van der Waals surface area contributed by atoms with Gasteiger partial charge in [0.25, 0.3) is 0 Å². The van der Waals surface area contributed by atoms with Crippen molar-refractivity contribution < 1.29 is 0 Å². The average Bonchev–Trinajstić information content (AvgIpc) is 3.03. The Balaban J connectivity index is 2.19. The van der Waals surface area contributed by atoms with Gasteiger partial charge in [-0.25, -0.2) is 0 Å². The number of hydrogen-bond acceptors (Lipinski definition) is 0. The molecular weight excluding hydrogens is 216 g/mol. The molecule has 0 bridgehead atoms. The summed E-state index contributed by atoms with van der Waals surface area (Å²) < 4.78 is 0. The maximum absolute atomic E-state index is 6.37. The summed E-state index contributed by atoms with van der Waals surface area (Å²) in [4.78, 5) is 0. The van der Waals surface area contributed by atoms with Crippen molar-refractivity contribution in [2.24, 2.45) is 5.92 Å². The molecule has 16 heavy (non-hydrogen) atoms. The second-order valence-corrected chi connectivity index (χ2v) is 5.83. The third kappa shape index (κ3) is 2.79. The molecule has 1 aromatic carbocycles. The fourth-order valence-electron chi connectivity index (χ4n) is 2.15. The van der Waals surface area contributed by atoms with E-state index in [1.165, 1.54) is 36.0 Å². The first-order chi connectivity index (χ1) is 7.58. The molecule has 0 unspecified atom stereocenters. The predicted octanol–water partition coefficient (Wildman–Crippen LogP) is 5.11. The summed E-state index contributed by atoms with van der Waals surface area (Å²) in [5, 5.41) is 0.991. The highest BCUT2D eigenvalue weighted by Gasteiger charge is 2.21. The van der Waals surface area contributed by atoms with Gasteiger partial charge in [-0.15, -0.1) is 0 Å². The zero-order valence-corrected chi connectivity index (χ0v) is 11.3. The number of rotatable bonds is 4. The van der Waals surface area contributed by atoms with Gasteiger partial charge >= 0.3 is 0 Å². The minimum atomic E-state index is 0.593. The van der Waals surface area contributed by atoms with E-state index in [2.05, 4.69) is 32.9 Å². The first-order valence-corrected chi connectivity index (χ1v) is 6.74. The van der Waals surface area contributed by atoms with Gasteiger partial charge in [0.2, 0.25) is 0 Å². The highest BCUT2D eigenvalue weighted by molar-refractivity contribution is 6.32. The Morgan fingerprint density at radius 1 is 1.31 bits per heavy atom. The van der Waals surface area contributed by atoms with Gasteiger partial charge in [-0.2, -0.15) is 0 Å². The number of halogens is 1. The molecule has 0 nitrogen and oxygen atoms in total. The van der Waals surface area contributed by atoms with Crippen molar-refractivity contribution in [1.82, 2.24) is 0 Å². The first kappa shape index (κ1) is 12.0. The molecule has 0 atom stereocenters. The summed E-state index contributed by atoms with van der Waals surface area (Å²) in [5.74, 6) is 1.58. The molecule has 1 heteroatoms. The van der Waals surface area contributed by atoms with Gasteiger partial charge in [-0.1, -0.05) is 50.4 Å². The first-order valence-electron chi connectivity index (χ1n) is 6.37. The molecule has 1 aliphatic rings. The van der Waals surface area contributed by atoms with Gasteiger partial charge in [0.05, 0.1) is 0 Å². The second-order valence-electron chi connectivity index (χ2n) is 5.45. The Morgan fingerprint density at radius 3 is 2.56 bits per heavy atom. The lowest BCUT2D eigenvalue weighted by molar-refractivity contribution is 0.724. The molecule has 0 aliphatic heterocycles. The summed E-state index contributed by atoms with van der Waals surface area (Å²) in [6.07, 6.45) is 5.34. The minimum absolute atomic E-state index is 0.593. The van der Waals surface area contributed by atoms with Crippen molar-refractivity contribution in [1.29, 1.82) is 0 Å². The van der Waals surface area contributed by atoms with Gasteiger partial charge in [0.1, 0.15) is 0 Å². The molecular formula is C15H21Cl. The summed E-state index contributed by atoms with van der Waals surface area (Å²) in [6.45, 7) is 6.61. The zero-order chi connectivity index (χ0) is 11.7. The number of benzene rings is 1. The standard InChI is InChI=1S/C15H21Cl/c1-10(2)14-8-11(3)15(16)13(9-14)7-6-12-4-5-12/h8-10,12H,4-7H2,1-3H3. The summed E-state index contributed by atoms with van der Waals surface area (Å²) in [5.41, 5.74) is 4.02. The van der Waals surface area contributed by atoms with E-state index in [0.29, 0.717) is 5.92 Å². The largest absolute Gasteiger partial charge is 0.0837 e. The van der Waals surface area contributed by atoms with Gasteiger partial charge < -0.3 is 0 Å². The molecule has 1 fully saturated rings. The van der Waals surface area contributed by atoms with E-state index in [1.54, 1.807) is 0 Å². The van der Waals surface area contributed by atoms with E-state index in [4.69, 9.17) is 11.6 Å². The molecule has 2 rings (SSSR count). The topological polar surface area (TPSA) is 0 Å². The van der Waals surface area contributed by atoms with Crippen LogP contribution in [0.15, 0.2) is 12.1 Å². The zero-order valence-electron chi connectivity index (χ0n) is 10.5. The Morgan fingerprint density at radius 2 is 2.00 bits per heavy atom. The Hall–Kier alpha value is -0.490. The van der Waals surface area contributed by atoms with Crippen LogP contribution in [-0.2, 0) is 6.42 Å². The molecule has 0 N–H and O–H groups in total. The van der Waals surface area contributed by atoms with Crippen molar-refractivity contribution in [2.45, 2.75) is 52.4 Å². The normalized spacial score (nSPS) is 15.8. The lowest BCUT2D eigenvalue weighted by Gasteiger charge is -2.13. The van der Waals surface area contributed by atoms with Crippen molar-refractivity contribution in [3.63, 3.8) is 0 Å². The van der Waals surface area contributed by atoms with E-state index in [0.717, 1.165) is 17.4 Å². The Labute approximate surface area is 104 Å². The third-order valence-corrected chi connectivity index (χ3v) is 4.08. The molecule has 0 radical (unpaired) electrons. The number of hydrogen-bond donors (Lipinski definition) is 0. The Kier molecular flexibility index (Phi) is 3.59. The van der Waals surface area contributed by atoms with Crippen molar-refractivity contribution >= 4 is 11.6 Å². The van der Waals surface area contributed by atoms with E-state index in [1.807, 2.05) is 0 Å². The molecule has 0 heterocycles. The van der Waals surface area contributed by atoms with E-state index < -0.39 is 0 Å². The second kappa shape index (κ2) is 4.79. The quantitative estimate of drug-likeness (QED) is 0.681. The summed E-state index contributed by atoms with van der Waals surface area (Å²) >= 11 is 6.37. The maximum atomic E-state index is 6.37. The van der Waals surface area contributed by atoms with Gasteiger partial charge in [-0.3, -0.25) is 0 Å². The van der Waals surface area contributed by atoms with E-state index in [-0.39, 0.29) is 0 Å². The van der Waals surface area contributed by atoms with Crippen LogP contribution in [-0.4, -0.2) is 0 Å². The third-order valence-electron chi connectivity index (χ3n) is 3.54. The maximum Gasteiger partial charge on any atom is 0.0467 e. The van der Waals surface area contributed by atoms with Crippen LogP contribution in [0.2, 0.25) is 5.02 Å². The average molecular weight is 237 g/mol. The lowest BCUT2D eigenvalue weighted by Crippen LogP contribution is -1.96. The molecule has 88 valence electrons. The van der Waals surface area contributed by atoms with Crippen LogP contribution in [0.5, 0.6) is 0 Å². The molecule has 0 saturated heterocycles. The van der Waals surface area contributed by atoms with Gasteiger partial charge in [-0.05, 0) is 48.3 Å². The fraction of sp³-hybridized carbons (Fsp3) is 0.600. The smallest absolute Gasteiger partial charge is 0.0467 e. The van der Waals surface area contributed by atoms with Gasteiger partial charge in [0.15, 0.2) is 0 Å². The minimum Gasteiger partial charge on any atom is -0.0837 e. The van der Waals surface area contributed by atoms with Crippen LogP contribution in [0.25, 0.3) is 0 Å². The van der Waals surface area contributed by atoms with Crippen molar-refractivity contribution in [3.8, 4) is 0 Å². The molecule has 0 spiro atoms. The van der Waals surface area contributed by atoms with Crippen LogP contribution in [0.3, 0.4) is 0 Å². The highest BCUT2D eigenvalue weighted by atomic mass is 35.5. The van der Waals surface area contributed by atoms with Crippen LogP contribution in [0, 0.1) is 12.8 Å². The van der Waals surface area contributed by atoms with E-state index in [9.17, 15) is 0 Å². The highest BCUT2D eigenvalue weighted by Crippen LogP contribution is 2.35. The monoisotopic (exact) mass is 236 g/mol. The van der Waals surface area contributed by atoms with E-state index >= 15 is 0 Å².